The molecule has 0 amide bonds. The average Bonchev–Trinajstić information content (AvgIpc) is 2.76. The normalized spacial score (nSPS) is 18.3. The third-order valence-corrected chi connectivity index (χ3v) is 3.79. The molecule has 90 valence electrons. The Morgan fingerprint density at radius 3 is 3.00 bits per heavy atom. The molecule has 2 aromatic rings. The van der Waals surface area contributed by atoms with Crippen LogP contribution in [0.3, 0.4) is 0 Å². The third kappa shape index (κ3) is 1.46. The maximum absolute atomic E-state index is 10.9. The Labute approximate surface area is 106 Å². The van der Waals surface area contributed by atoms with E-state index in [4.69, 9.17) is 0 Å². The van der Waals surface area contributed by atoms with E-state index in [0.29, 0.717) is 17.2 Å². The van der Waals surface area contributed by atoms with Crippen LogP contribution in [0.4, 0.5) is 0 Å². The Morgan fingerprint density at radius 1 is 1.44 bits per heavy atom. The molecule has 3 rings (SSSR count). The van der Waals surface area contributed by atoms with E-state index in [-0.39, 0.29) is 0 Å². The molecule has 3 heteroatoms. The zero-order valence-corrected chi connectivity index (χ0v) is 10.3. The van der Waals surface area contributed by atoms with Crippen molar-refractivity contribution in [1.82, 2.24) is 4.57 Å². The molecule has 1 aliphatic heterocycles. The van der Waals surface area contributed by atoms with Crippen molar-refractivity contribution in [2.75, 3.05) is 0 Å². The van der Waals surface area contributed by atoms with Gasteiger partial charge in [-0.05, 0) is 44.4 Å². The van der Waals surface area contributed by atoms with Crippen LogP contribution in [0, 0.1) is 11.3 Å². The lowest BCUT2D eigenvalue weighted by molar-refractivity contribution is 0.112. The van der Waals surface area contributed by atoms with Gasteiger partial charge < -0.3 is 4.57 Å². The first-order chi connectivity index (χ1) is 8.74. The molecule has 1 aromatic heterocycles. The number of nitrogens with zero attached hydrogens (tertiary/aromatic N) is 2. The first-order valence-electron chi connectivity index (χ1n) is 6.27. The fraction of sp³-hybridized carbons (Fsp3) is 0.333. The highest BCUT2D eigenvalue weighted by Gasteiger charge is 2.20. The van der Waals surface area contributed by atoms with Crippen molar-refractivity contribution in [3.8, 4) is 6.07 Å². The highest BCUT2D eigenvalue weighted by molar-refractivity contribution is 5.92. The minimum atomic E-state index is 0.431. The number of hydrogen-bond donors (Lipinski definition) is 0. The van der Waals surface area contributed by atoms with Crippen molar-refractivity contribution < 1.29 is 4.79 Å². The third-order valence-electron chi connectivity index (χ3n) is 3.79. The number of rotatable bonds is 1. The van der Waals surface area contributed by atoms with Gasteiger partial charge in [-0.3, -0.25) is 4.79 Å². The molecule has 1 atom stereocenters. The van der Waals surface area contributed by atoms with Crippen LogP contribution < -0.4 is 0 Å². The van der Waals surface area contributed by atoms with Gasteiger partial charge in [0.2, 0.25) is 0 Å². The summed E-state index contributed by atoms with van der Waals surface area (Å²) in [7, 11) is 0. The molecular weight excluding hydrogens is 224 g/mol. The highest BCUT2D eigenvalue weighted by atomic mass is 16.1. The minimum absolute atomic E-state index is 0.431. The largest absolute Gasteiger partial charge is 0.341 e. The van der Waals surface area contributed by atoms with Gasteiger partial charge in [0, 0.05) is 22.7 Å². The van der Waals surface area contributed by atoms with E-state index in [1.54, 1.807) is 6.07 Å². The summed E-state index contributed by atoms with van der Waals surface area (Å²) in [5, 5.41) is 10.3. The molecule has 0 fully saturated rings. The molecule has 1 aromatic carbocycles. The summed E-state index contributed by atoms with van der Waals surface area (Å²) in [5.74, 6) is 0. The van der Waals surface area contributed by atoms with Crippen molar-refractivity contribution in [3.63, 3.8) is 0 Å². The number of nitriles is 1. The van der Waals surface area contributed by atoms with Gasteiger partial charge in [0.15, 0.2) is 0 Å². The number of fused-ring (bicyclic) bond motifs is 3. The van der Waals surface area contributed by atoms with Crippen LogP contribution in [0.1, 0.15) is 47.4 Å². The lowest BCUT2D eigenvalue weighted by Gasteiger charge is -2.24. The number of hydrogen-bond acceptors (Lipinski definition) is 2. The molecule has 0 aliphatic carbocycles. The molecule has 0 N–H and O–H groups in total. The smallest absolute Gasteiger partial charge is 0.150 e. The molecule has 0 radical (unpaired) electrons. The number of aldehydes is 1. The zero-order chi connectivity index (χ0) is 12.7. The van der Waals surface area contributed by atoms with Gasteiger partial charge >= 0.3 is 0 Å². The topological polar surface area (TPSA) is 45.8 Å². The van der Waals surface area contributed by atoms with Crippen LogP contribution in [0.25, 0.3) is 10.9 Å². The van der Waals surface area contributed by atoms with E-state index in [1.165, 1.54) is 12.1 Å². The quantitative estimate of drug-likeness (QED) is 0.716. The molecular formula is C15H14N2O. The predicted octanol–water partition coefficient (Wildman–Crippen LogP) is 3.22. The second-order valence-corrected chi connectivity index (χ2v) is 4.98. The summed E-state index contributed by atoms with van der Waals surface area (Å²) < 4.78 is 2.27. The molecule has 0 bridgehead atoms. The van der Waals surface area contributed by atoms with Crippen LogP contribution >= 0.6 is 0 Å². The van der Waals surface area contributed by atoms with Crippen molar-refractivity contribution in [2.45, 2.75) is 32.2 Å². The van der Waals surface area contributed by atoms with Gasteiger partial charge in [0.05, 0.1) is 11.1 Å². The van der Waals surface area contributed by atoms with Gasteiger partial charge in [-0.25, -0.2) is 0 Å². The first kappa shape index (κ1) is 11.0. The number of benzene rings is 1. The van der Waals surface area contributed by atoms with Gasteiger partial charge in [-0.15, -0.1) is 0 Å². The number of carbonyl (C=O) groups excluding carboxylic acids is 1. The van der Waals surface area contributed by atoms with Crippen molar-refractivity contribution in [2.24, 2.45) is 0 Å². The van der Waals surface area contributed by atoms with E-state index in [1.807, 2.05) is 6.07 Å². The Morgan fingerprint density at radius 2 is 2.28 bits per heavy atom. The molecule has 0 unspecified atom stereocenters. The summed E-state index contributed by atoms with van der Waals surface area (Å²) in [4.78, 5) is 10.9. The molecule has 0 saturated heterocycles. The number of aromatic nitrogens is 1. The Bertz CT molecular complexity index is 676. The molecule has 0 spiro atoms. The lowest BCUT2D eigenvalue weighted by atomic mass is 10.0. The second-order valence-electron chi connectivity index (χ2n) is 4.98. The summed E-state index contributed by atoms with van der Waals surface area (Å²) >= 11 is 0. The SMILES string of the molecule is C[C@H]1CCCc2cc3cc(C=O)cc(C#N)c3n21. The van der Waals surface area contributed by atoms with Gasteiger partial charge in [0.25, 0.3) is 0 Å². The molecule has 1 aliphatic rings. The fourth-order valence-electron chi connectivity index (χ4n) is 3.01. The summed E-state index contributed by atoms with van der Waals surface area (Å²) in [6.07, 6.45) is 4.21. The van der Waals surface area contributed by atoms with Crippen molar-refractivity contribution in [1.29, 1.82) is 5.26 Å². The summed E-state index contributed by atoms with van der Waals surface area (Å²) in [5.41, 5.74) is 3.46. The predicted molar refractivity (Wildman–Crippen MR) is 69.7 cm³/mol. The molecule has 2 heterocycles. The minimum Gasteiger partial charge on any atom is -0.341 e. The fourth-order valence-corrected chi connectivity index (χ4v) is 3.01. The molecule has 18 heavy (non-hydrogen) atoms. The van der Waals surface area contributed by atoms with E-state index in [0.717, 1.165) is 30.0 Å². The molecule has 3 nitrogen and oxygen atoms in total. The van der Waals surface area contributed by atoms with Crippen LogP contribution in [0.15, 0.2) is 18.2 Å². The van der Waals surface area contributed by atoms with E-state index < -0.39 is 0 Å². The summed E-state index contributed by atoms with van der Waals surface area (Å²) in [6.45, 7) is 2.19. The number of aryl methyl sites for hydroxylation is 1. The highest BCUT2D eigenvalue weighted by Crippen LogP contribution is 2.33. The van der Waals surface area contributed by atoms with Gasteiger partial charge in [-0.1, -0.05) is 0 Å². The maximum Gasteiger partial charge on any atom is 0.150 e. The summed E-state index contributed by atoms with van der Waals surface area (Å²) in [6, 6.07) is 8.34. The van der Waals surface area contributed by atoms with Crippen molar-refractivity contribution in [3.05, 3.63) is 35.0 Å². The standard InChI is InChI=1S/C15H14N2O/c1-10-3-2-4-14-7-12-5-11(9-18)6-13(8-16)15(12)17(10)14/h5-7,9-10H,2-4H2,1H3/t10-/m0/s1. The van der Waals surface area contributed by atoms with Crippen molar-refractivity contribution >= 4 is 17.2 Å². The lowest BCUT2D eigenvalue weighted by Crippen LogP contribution is -2.14. The Hall–Kier alpha value is -2.08. The zero-order valence-electron chi connectivity index (χ0n) is 10.3. The van der Waals surface area contributed by atoms with Crippen LogP contribution in [0.2, 0.25) is 0 Å². The van der Waals surface area contributed by atoms with Crippen LogP contribution in [-0.4, -0.2) is 10.9 Å². The van der Waals surface area contributed by atoms with E-state index in [9.17, 15) is 10.1 Å². The van der Waals surface area contributed by atoms with Gasteiger partial charge in [0.1, 0.15) is 12.4 Å². The van der Waals surface area contributed by atoms with Gasteiger partial charge in [-0.2, -0.15) is 5.26 Å². The van der Waals surface area contributed by atoms with E-state index in [2.05, 4.69) is 23.6 Å². The Balaban J connectivity index is 2.40. The first-order valence-corrected chi connectivity index (χ1v) is 6.27. The van der Waals surface area contributed by atoms with Crippen LogP contribution in [0.5, 0.6) is 0 Å². The maximum atomic E-state index is 10.9. The Kier molecular flexibility index (Phi) is 2.45. The van der Waals surface area contributed by atoms with E-state index >= 15 is 0 Å². The van der Waals surface area contributed by atoms with Crippen LogP contribution in [-0.2, 0) is 6.42 Å². The second kappa shape index (κ2) is 3.99. The number of carbonyl (C=O) groups is 1. The molecule has 0 saturated carbocycles. The average molecular weight is 238 g/mol. The monoisotopic (exact) mass is 238 g/mol.